The van der Waals surface area contributed by atoms with Crippen molar-refractivity contribution in [1.82, 2.24) is 9.80 Å². The molecule has 0 spiro atoms. The molecule has 7 heteroatoms. The van der Waals surface area contributed by atoms with Crippen LogP contribution < -0.4 is 4.74 Å². The molecule has 1 aromatic rings. The maximum absolute atomic E-state index is 13.2. The second kappa shape index (κ2) is 10.4. The lowest BCUT2D eigenvalue weighted by Crippen LogP contribution is -2.59. The minimum Gasteiger partial charge on any atom is -0.490 e. The molecule has 1 aromatic carbocycles. The number of aryl methyl sites for hydroxylation is 1. The smallest absolute Gasteiger partial charge is 0.225 e. The van der Waals surface area contributed by atoms with Gasteiger partial charge >= 0.3 is 0 Å². The lowest BCUT2D eigenvalue weighted by Gasteiger charge is -2.43. The Morgan fingerprint density at radius 3 is 2.56 bits per heavy atom. The fourth-order valence-electron chi connectivity index (χ4n) is 5.16. The van der Waals surface area contributed by atoms with E-state index in [4.69, 9.17) is 21.1 Å². The van der Waals surface area contributed by atoms with Crippen molar-refractivity contribution in [2.75, 3.05) is 39.4 Å². The number of amides is 2. The molecule has 176 valence electrons. The van der Waals surface area contributed by atoms with E-state index in [0.717, 1.165) is 57.2 Å². The molecular weight excluding hydrogens is 428 g/mol. The third-order valence-corrected chi connectivity index (χ3v) is 7.50. The molecule has 2 aliphatic heterocycles. The van der Waals surface area contributed by atoms with Crippen LogP contribution in [0.3, 0.4) is 0 Å². The van der Waals surface area contributed by atoms with E-state index in [1.807, 2.05) is 34.9 Å². The first-order valence-corrected chi connectivity index (χ1v) is 12.4. The SMILES string of the molecule is Cc1cc(OC[C@@]2(CC(=O)N3CCCCC3)CN(C(=O)C3CCCC3)CCO2)ccc1Cl. The predicted molar refractivity (Wildman–Crippen MR) is 124 cm³/mol. The molecule has 2 heterocycles. The fourth-order valence-corrected chi connectivity index (χ4v) is 5.28. The number of nitrogens with zero attached hydrogens (tertiary/aromatic N) is 2. The molecule has 1 aliphatic carbocycles. The predicted octanol–water partition coefficient (Wildman–Crippen LogP) is 4.22. The van der Waals surface area contributed by atoms with Gasteiger partial charge in [0, 0.05) is 30.6 Å². The van der Waals surface area contributed by atoms with Crippen molar-refractivity contribution in [3.63, 3.8) is 0 Å². The van der Waals surface area contributed by atoms with Crippen molar-refractivity contribution < 1.29 is 19.1 Å². The zero-order chi connectivity index (χ0) is 22.6. The number of benzene rings is 1. The van der Waals surface area contributed by atoms with Crippen LogP contribution in [0.1, 0.15) is 56.9 Å². The number of ether oxygens (including phenoxy) is 2. The van der Waals surface area contributed by atoms with Crippen molar-refractivity contribution in [1.29, 1.82) is 0 Å². The van der Waals surface area contributed by atoms with Gasteiger partial charge < -0.3 is 19.3 Å². The van der Waals surface area contributed by atoms with Crippen molar-refractivity contribution in [3.8, 4) is 5.75 Å². The highest BCUT2D eigenvalue weighted by Gasteiger charge is 2.43. The lowest BCUT2D eigenvalue weighted by atomic mass is 9.95. The normalized spacial score (nSPS) is 24.6. The zero-order valence-corrected chi connectivity index (χ0v) is 19.9. The van der Waals surface area contributed by atoms with Crippen LogP contribution in [0, 0.1) is 12.8 Å². The number of carbonyl (C=O) groups excluding carboxylic acids is 2. The zero-order valence-electron chi connectivity index (χ0n) is 19.1. The number of hydrogen-bond acceptors (Lipinski definition) is 4. The Labute approximate surface area is 196 Å². The van der Waals surface area contributed by atoms with Crippen molar-refractivity contribution in [2.24, 2.45) is 5.92 Å². The van der Waals surface area contributed by atoms with Crippen LogP contribution in [-0.4, -0.2) is 66.6 Å². The molecule has 2 saturated heterocycles. The van der Waals surface area contributed by atoms with Crippen LogP contribution in [-0.2, 0) is 14.3 Å². The van der Waals surface area contributed by atoms with E-state index < -0.39 is 5.60 Å². The Hall–Kier alpha value is -1.79. The van der Waals surface area contributed by atoms with E-state index in [1.54, 1.807) is 0 Å². The van der Waals surface area contributed by atoms with Gasteiger partial charge in [0.15, 0.2) is 0 Å². The van der Waals surface area contributed by atoms with Crippen LogP contribution in [0.2, 0.25) is 5.02 Å². The molecule has 1 saturated carbocycles. The highest BCUT2D eigenvalue weighted by Crippen LogP contribution is 2.31. The molecule has 32 heavy (non-hydrogen) atoms. The van der Waals surface area contributed by atoms with Crippen LogP contribution in [0.5, 0.6) is 5.75 Å². The van der Waals surface area contributed by atoms with Gasteiger partial charge in [-0.2, -0.15) is 0 Å². The van der Waals surface area contributed by atoms with Crippen LogP contribution in [0.25, 0.3) is 0 Å². The van der Waals surface area contributed by atoms with Gasteiger partial charge in [-0.25, -0.2) is 0 Å². The summed E-state index contributed by atoms with van der Waals surface area (Å²) in [4.78, 5) is 30.2. The maximum Gasteiger partial charge on any atom is 0.225 e. The Bertz CT molecular complexity index is 820. The third kappa shape index (κ3) is 5.57. The number of morpholine rings is 1. The first kappa shape index (κ1) is 23.4. The van der Waals surface area contributed by atoms with Crippen molar-refractivity contribution >= 4 is 23.4 Å². The topological polar surface area (TPSA) is 59.1 Å². The van der Waals surface area contributed by atoms with Crippen molar-refractivity contribution in [2.45, 2.75) is 63.9 Å². The summed E-state index contributed by atoms with van der Waals surface area (Å²) in [6.45, 7) is 5.16. The average molecular weight is 463 g/mol. The second-order valence-corrected chi connectivity index (χ2v) is 10.00. The van der Waals surface area contributed by atoms with E-state index >= 15 is 0 Å². The van der Waals surface area contributed by atoms with Crippen molar-refractivity contribution in [3.05, 3.63) is 28.8 Å². The molecule has 1 atom stereocenters. The summed E-state index contributed by atoms with van der Waals surface area (Å²) in [5.41, 5.74) is 0.0967. The molecule has 3 aliphatic rings. The van der Waals surface area contributed by atoms with Gasteiger partial charge in [-0.05, 0) is 62.8 Å². The van der Waals surface area contributed by atoms with Gasteiger partial charge in [0.25, 0.3) is 0 Å². The number of halogens is 1. The minimum absolute atomic E-state index is 0.0933. The van der Waals surface area contributed by atoms with Gasteiger partial charge in [0.05, 0.1) is 19.6 Å². The standard InChI is InChI=1S/C25H35ClN2O4/c1-19-15-21(9-10-22(19)26)31-18-25(16-23(29)27-11-5-2-6-12-27)17-28(13-14-32-25)24(30)20-7-3-4-8-20/h9-10,15,20H,2-8,11-14,16-18H2,1H3/t25-/m1/s1. The largest absolute Gasteiger partial charge is 0.490 e. The first-order chi connectivity index (χ1) is 15.5. The molecule has 0 N–H and O–H groups in total. The first-order valence-electron chi connectivity index (χ1n) is 12.1. The van der Waals surface area contributed by atoms with Gasteiger partial charge in [-0.15, -0.1) is 0 Å². The molecule has 2 amide bonds. The monoisotopic (exact) mass is 462 g/mol. The number of hydrogen-bond donors (Lipinski definition) is 0. The summed E-state index contributed by atoms with van der Waals surface area (Å²) >= 11 is 6.15. The molecule has 0 aromatic heterocycles. The number of carbonyl (C=O) groups is 2. The second-order valence-electron chi connectivity index (χ2n) is 9.59. The Morgan fingerprint density at radius 1 is 1.09 bits per heavy atom. The highest BCUT2D eigenvalue weighted by molar-refractivity contribution is 6.31. The van der Waals surface area contributed by atoms with E-state index in [9.17, 15) is 9.59 Å². The molecule has 0 bridgehead atoms. The molecule has 4 rings (SSSR count). The Morgan fingerprint density at radius 2 is 1.84 bits per heavy atom. The summed E-state index contributed by atoms with van der Waals surface area (Å²) in [7, 11) is 0. The summed E-state index contributed by atoms with van der Waals surface area (Å²) in [5.74, 6) is 1.11. The van der Waals surface area contributed by atoms with Gasteiger partial charge in [0.2, 0.25) is 11.8 Å². The number of likely N-dealkylation sites (tertiary alicyclic amines) is 1. The molecule has 6 nitrogen and oxygen atoms in total. The summed E-state index contributed by atoms with van der Waals surface area (Å²) < 4.78 is 12.4. The maximum atomic E-state index is 13.2. The molecule has 3 fully saturated rings. The van der Waals surface area contributed by atoms with E-state index in [1.165, 1.54) is 6.42 Å². The fraction of sp³-hybridized carbons (Fsp3) is 0.680. The molecule has 0 unspecified atom stereocenters. The Kier molecular flexibility index (Phi) is 7.62. The summed E-state index contributed by atoms with van der Waals surface area (Å²) in [6.07, 6.45) is 7.69. The summed E-state index contributed by atoms with van der Waals surface area (Å²) in [5, 5.41) is 0.689. The Balaban J connectivity index is 1.49. The minimum atomic E-state index is -0.839. The van der Waals surface area contributed by atoms with Crippen LogP contribution >= 0.6 is 11.6 Å². The lowest BCUT2D eigenvalue weighted by molar-refractivity contribution is -0.168. The quantitative estimate of drug-likeness (QED) is 0.635. The van der Waals surface area contributed by atoms with E-state index in [-0.39, 0.29) is 30.8 Å². The van der Waals surface area contributed by atoms with Crippen LogP contribution in [0.4, 0.5) is 0 Å². The summed E-state index contributed by atoms with van der Waals surface area (Å²) in [6, 6.07) is 5.54. The van der Waals surface area contributed by atoms with E-state index in [0.29, 0.717) is 30.5 Å². The average Bonchev–Trinajstić information content (AvgIpc) is 3.35. The van der Waals surface area contributed by atoms with Gasteiger partial charge in [-0.3, -0.25) is 9.59 Å². The molecular formula is C25H35ClN2O4. The van der Waals surface area contributed by atoms with Gasteiger partial charge in [0.1, 0.15) is 18.0 Å². The molecule has 0 radical (unpaired) electrons. The van der Waals surface area contributed by atoms with Gasteiger partial charge in [-0.1, -0.05) is 24.4 Å². The number of piperidine rings is 1. The van der Waals surface area contributed by atoms with E-state index in [2.05, 4.69) is 0 Å². The number of rotatable bonds is 6. The van der Waals surface area contributed by atoms with Crippen LogP contribution in [0.15, 0.2) is 18.2 Å². The third-order valence-electron chi connectivity index (χ3n) is 7.08. The highest BCUT2D eigenvalue weighted by atomic mass is 35.5.